The molecule has 2 aromatic rings. The zero-order chi connectivity index (χ0) is 15.1. The summed E-state index contributed by atoms with van der Waals surface area (Å²) in [7, 11) is 0. The largest absolute Gasteiger partial charge is 0.350 e. The van der Waals surface area contributed by atoms with Gasteiger partial charge < -0.3 is 11.1 Å². The summed E-state index contributed by atoms with van der Waals surface area (Å²) in [5.41, 5.74) is 6.31. The van der Waals surface area contributed by atoms with Crippen LogP contribution in [0, 0.1) is 17.7 Å². The summed E-state index contributed by atoms with van der Waals surface area (Å²) in [5, 5.41) is 9.89. The van der Waals surface area contributed by atoms with Crippen LogP contribution in [0.5, 0.6) is 0 Å². The lowest BCUT2D eigenvalue weighted by atomic mass is 10.1. The Morgan fingerprint density at radius 3 is 3.05 bits per heavy atom. The predicted molar refractivity (Wildman–Crippen MR) is 74.2 cm³/mol. The van der Waals surface area contributed by atoms with Gasteiger partial charge >= 0.3 is 0 Å². The number of halogens is 1. The van der Waals surface area contributed by atoms with E-state index in [2.05, 4.69) is 27.5 Å². The second-order valence-electron chi connectivity index (χ2n) is 4.19. The van der Waals surface area contributed by atoms with Crippen molar-refractivity contribution in [2.75, 3.05) is 6.54 Å². The van der Waals surface area contributed by atoms with Gasteiger partial charge in [-0.2, -0.15) is 0 Å². The highest BCUT2D eigenvalue weighted by atomic mass is 19.1. The van der Waals surface area contributed by atoms with Gasteiger partial charge in [-0.15, -0.1) is 5.10 Å². The van der Waals surface area contributed by atoms with E-state index in [4.69, 9.17) is 5.73 Å². The Labute approximate surface area is 121 Å². The van der Waals surface area contributed by atoms with Crippen molar-refractivity contribution in [1.29, 1.82) is 0 Å². The van der Waals surface area contributed by atoms with Crippen LogP contribution in [0.15, 0.2) is 30.6 Å². The van der Waals surface area contributed by atoms with E-state index in [1.165, 1.54) is 16.9 Å². The Morgan fingerprint density at radius 2 is 2.33 bits per heavy atom. The van der Waals surface area contributed by atoms with E-state index in [-0.39, 0.29) is 25.5 Å². The van der Waals surface area contributed by atoms with Crippen molar-refractivity contribution in [2.45, 2.75) is 13.1 Å². The van der Waals surface area contributed by atoms with Gasteiger partial charge in [-0.25, -0.2) is 9.07 Å². The quantitative estimate of drug-likeness (QED) is 0.778. The van der Waals surface area contributed by atoms with Crippen molar-refractivity contribution in [1.82, 2.24) is 20.3 Å². The summed E-state index contributed by atoms with van der Waals surface area (Å²) >= 11 is 0. The molecule has 6 nitrogen and oxygen atoms in total. The van der Waals surface area contributed by atoms with Crippen molar-refractivity contribution >= 4 is 5.91 Å². The van der Waals surface area contributed by atoms with E-state index in [9.17, 15) is 9.18 Å². The molecular weight excluding hydrogens is 273 g/mol. The minimum Gasteiger partial charge on any atom is -0.350 e. The van der Waals surface area contributed by atoms with Crippen LogP contribution in [0.25, 0.3) is 0 Å². The van der Waals surface area contributed by atoms with E-state index < -0.39 is 5.82 Å². The lowest BCUT2D eigenvalue weighted by molar-refractivity contribution is -0.122. The van der Waals surface area contributed by atoms with Gasteiger partial charge in [-0.05, 0) is 18.2 Å². The highest BCUT2D eigenvalue weighted by molar-refractivity contribution is 5.75. The lowest BCUT2D eigenvalue weighted by Gasteiger charge is -2.07. The predicted octanol–water partition coefficient (Wildman–Crippen LogP) is 0.0438. The molecule has 0 aliphatic heterocycles. The minimum atomic E-state index is -0.394. The standard InChI is InChI=1S/C14H14FN5O/c15-13-4-3-11(2-1-5-16)8-12(13)9-17-14(21)10-20-7-6-18-19-20/h3-4,6-8H,5,9-10,16H2,(H,17,21). The summed E-state index contributed by atoms with van der Waals surface area (Å²) < 4.78 is 15.1. The normalized spacial score (nSPS) is 9.81. The molecule has 0 saturated heterocycles. The first kappa shape index (κ1) is 14.7. The maximum absolute atomic E-state index is 13.7. The first-order valence-electron chi connectivity index (χ1n) is 6.27. The number of hydrogen-bond acceptors (Lipinski definition) is 4. The molecule has 0 unspecified atom stereocenters. The zero-order valence-corrected chi connectivity index (χ0v) is 11.2. The van der Waals surface area contributed by atoms with Gasteiger partial charge in [0.25, 0.3) is 0 Å². The average molecular weight is 287 g/mol. The van der Waals surface area contributed by atoms with Crippen LogP contribution in [0.1, 0.15) is 11.1 Å². The molecule has 0 radical (unpaired) electrons. The number of carbonyl (C=O) groups is 1. The van der Waals surface area contributed by atoms with E-state index in [0.29, 0.717) is 11.1 Å². The van der Waals surface area contributed by atoms with Crippen LogP contribution in [-0.4, -0.2) is 27.4 Å². The molecule has 3 N–H and O–H groups in total. The maximum Gasteiger partial charge on any atom is 0.242 e. The molecule has 7 heteroatoms. The van der Waals surface area contributed by atoms with E-state index >= 15 is 0 Å². The van der Waals surface area contributed by atoms with Crippen LogP contribution < -0.4 is 11.1 Å². The van der Waals surface area contributed by atoms with Crippen LogP contribution in [0.4, 0.5) is 4.39 Å². The average Bonchev–Trinajstić information content (AvgIpc) is 2.98. The molecule has 1 amide bonds. The topological polar surface area (TPSA) is 85.8 Å². The Kier molecular flexibility index (Phi) is 5.01. The highest BCUT2D eigenvalue weighted by Crippen LogP contribution is 2.09. The third-order valence-corrected chi connectivity index (χ3v) is 2.63. The Morgan fingerprint density at radius 1 is 1.48 bits per heavy atom. The fourth-order valence-electron chi connectivity index (χ4n) is 1.65. The fourth-order valence-corrected chi connectivity index (χ4v) is 1.65. The van der Waals surface area contributed by atoms with Crippen molar-refractivity contribution in [3.63, 3.8) is 0 Å². The third-order valence-electron chi connectivity index (χ3n) is 2.63. The van der Waals surface area contributed by atoms with Gasteiger partial charge in [0, 0.05) is 23.9 Å². The lowest BCUT2D eigenvalue weighted by Crippen LogP contribution is -2.27. The molecule has 0 spiro atoms. The summed E-state index contributed by atoms with van der Waals surface area (Å²) in [4.78, 5) is 11.7. The molecular formula is C14H14FN5O. The Hall–Kier alpha value is -2.72. The second kappa shape index (κ2) is 7.17. The third kappa shape index (κ3) is 4.40. The minimum absolute atomic E-state index is 0.0360. The monoisotopic (exact) mass is 287 g/mol. The molecule has 0 saturated carbocycles. The van der Waals surface area contributed by atoms with Gasteiger partial charge in [0.15, 0.2) is 0 Å². The number of amides is 1. The van der Waals surface area contributed by atoms with Gasteiger partial charge in [0.2, 0.25) is 5.91 Å². The van der Waals surface area contributed by atoms with Crippen molar-refractivity contribution in [2.24, 2.45) is 5.73 Å². The molecule has 108 valence electrons. The van der Waals surface area contributed by atoms with Gasteiger partial charge in [-0.3, -0.25) is 4.79 Å². The molecule has 0 atom stereocenters. The van der Waals surface area contributed by atoms with E-state index in [1.54, 1.807) is 18.3 Å². The summed E-state index contributed by atoms with van der Waals surface area (Å²) in [6.07, 6.45) is 3.05. The number of benzene rings is 1. The van der Waals surface area contributed by atoms with Crippen molar-refractivity contribution < 1.29 is 9.18 Å². The summed E-state index contributed by atoms with van der Waals surface area (Å²) in [6.45, 7) is 0.354. The maximum atomic E-state index is 13.7. The molecule has 0 bridgehead atoms. The first-order valence-corrected chi connectivity index (χ1v) is 6.27. The molecule has 0 aliphatic rings. The van der Waals surface area contributed by atoms with Gasteiger partial charge in [-0.1, -0.05) is 17.1 Å². The molecule has 21 heavy (non-hydrogen) atoms. The number of aromatic nitrogens is 3. The second-order valence-corrected chi connectivity index (χ2v) is 4.19. The van der Waals surface area contributed by atoms with E-state index in [1.807, 2.05) is 0 Å². The molecule has 1 heterocycles. The Balaban J connectivity index is 1.97. The van der Waals surface area contributed by atoms with Crippen LogP contribution in [0.2, 0.25) is 0 Å². The zero-order valence-electron chi connectivity index (χ0n) is 11.2. The van der Waals surface area contributed by atoms with Crippen LogP contribution in [0.3, 0.4) is 0 Å². The molecule has 0 fully saturated rings. The molecule has 1 aromatic carbocycles. The molecule has 2 rings (SSSR count). The van der Waals surface area contributed by atoms with Crippen LogP contribution in [-0.2, 0) is 17.9 Å². The van der Waals surface area contributed by atoms with Gasteiger partial charge in [0.1, 0.15) is 12.4 Å². The van der Waals surface area contributed by atoms with Crippen molar-refractivity contribution in [3.05, 3.63) is 47.5 Å². The number of nitrogens with two attached hydrogens (primary N) is 1. The first-order chi connectivity index (χ1) is 10.2. The van der Waals surface area contributed by atoms with E-state index in [0.717, 1.165) is 0 Å². The SMILES string of the molecule is NCC#Cc1ccc(F)c(CNC(=O)Cn2ccnn2)c1. The van der Waals surface area contributed by atoms with Gasteiger partial charge in [0.05, 0.1) is 12.7 Å². The smallest absolute Gasteiger partial charge is 0.242 e. The highest BCUT2D eigenvalue weighted by Gasteiger charge is 2.07. The van der Waals surface area contributed by atoms with Crippen molar-refractivity contribution in [3.8, 4) is 11.8 Å². The number of hydrogen-bond donors (Lipinski definition) is 2. The number of carbonyl (C=O) groups excluding carboxylic acids is 1. The number of nitrogens with one attached hydrogen (secondary N) is 1. The number of nitrogens with zero attached hydrogens (tertiary/aromatic N) is 3. The summed E-state index contributed by atoms with van der Waals surface area (Å²) in [5.74, 6) is 4.84. The number of rotatable bonds is 4. The fraction of sp³-hybridized carbons (Fsp3) is 0.214. The molecule has 1 aromatic heterocycles. The Bertz CT molecular complexity index is 672. The van der Waals surface area contributed by atoms with Crippen LogP contribution >= 0.6 is 0 Å². The molecule has 0 aliphatic carbocycles. The summed E-state index contributed by atoms with van der Waals surface area (Å²) in [6, 6.07) is 4.48.